The summed E-state index contributed by atoms with van der Waals surface area (Å²) in [6.07, 6.45) is 3.74. The van der Waals surface area contributed by atoms with Crippen LogP contribution in [0.1, 0.15) is 25.3 Å². The summed E-state index contributed by atoms with van der Waals surface area (Å²) in [6, 6.07) is 3.51. The maximum absolute atomic E-state index is 11.1. The molecule has 5 heteroatoms. The van der Waals surface area contributed by atoms with E-state index in [1.807, 2.05) is 0 Å². The number of ether oxygens (including phenoxy) is 1. The van der Waals surface area contributed by atoms with Crippen molar-refractivity contribution in [3.05, 3.63) is 30.1 Å². The number of carbonyl (C=O) groups is 1. The second-order valence-electron chi connectivity index (χ2n) is 3.09. The number of pyridine rings is 1. The Morgan fingerprint density at radius 1 is 1.56 bits per heavy atom. The molecule has 86 valence electrons. The van der Waals surface area contributed by atoms with E-state index in [0.717, 1.165) is 0 Å². The molecule has 0 fully saturated rings. The van der Waals surface area contributed by atoms with E-state index in [1.165, 1.54) is 0 Å². The van der Waals surface area contributed by atoms with Crippen molar-refractivity contribution in [2.45, 2.75) is 19.8 Å². The molecule has 0 aliphatic carbocycles. The molecule has 0 amide bonds. The lowest BCUT2D eigenvalue weighted by Gasteiger charge is -2.03. The Bertz CT molecular complexity index is 363. The van der Waals surface area contributed by atoms with Gasteiger partial charge in [0.15, 0.2) is 0 Å². The van der Waals surface area contributed by atoms with Gasteiger partial charge < -0.3 is 9.94 Å². The van der Waals surface area contributed by atoms with E-state index in [0.29, 0.717) is 24.3 Å². The first-order chi connectivity index (χ1) is 7.77. The van der Waals surface area contributed by atoms with Gasteiger partial charge in [0.1, 0.15) is 0 Å². The zero-order chi connectivity index (χ0) is 11.8. The van der Waals surface area contributed by atoms with Crippen LogP contribution in [0.3, 0.4) is 0 Å². The van der Waals surface area contributed by atoms with Gasteiger partial charge in [0.25, 0.3) is 0 Å². The monoisotopic (exact) mass is 222 g/mol. The van der Waals surface area contributed by atoms with Crippen molar-refractivity contribution in [3.63, 3.8) is 0 Å². The molecule has 1 aromatic rings. The molecule has 0 aliphatic rings. The SMILES string of the molecule is CCOC(=O)CCC(=NO)c1cccnc1. The highest BCUT2D eigenvalue weighted by molar-refractivity contribution is 6.01. The summed E-state index contributed by atoms with van der Waals surface area (Å²) < 4.78 is 4.78. The number of aromatic nitrogens is 1. The van der Waals surface area contributed by atoms with E-state index in [1.54, 1.807) is 31.5 Å². The number of oxime groups is 1. The Morgan fingerprint density at radius 2 is 2.38 bits per heavy atom. The summed E-state index contributed by atoms with van der Waals surface area (Å²) in [7, 11) is 0. The van der Waals surface area contributed by atoms with E-state index in [9.17, 15) is 4.79 Å². The van der Waals surface area contributed by atoms with Crippen LogP contribution < -0.4 is 0 Å². The van der Waals surface area contributed by atoms with E-state index in [2.05, 4.69) is 10.1 Å². The molecule has 5 nitrogen and oxygen atoms in total. The highest BCUT2D eigenvalue weighted by atomic mass is 16.5. The first-order valence-electron chi connectivity index (χ1n) is 5.05. The van der Waals surface area contributed by atoms with Crippen molar-refractivity contribution < 1.29 is 14.7 Å². The number of hydrogen-bond acceptors (Lipinski definition) is 5. The quantitative estimate of drug-likeness (QED) is 0.355. The van der Waals surface area contributed by atoms with Gasteiger partial charge in [0, 0.05) is 24.4 Å². The molecular formula is C11H14N2O3. The lowest BCUT2D eigenvalue weighted by atomic mass is 10.1. The van der Waals surface area contributed by atoms with Crippen molar-refractivity contribution in [3.8, 4) is 0 Å². The summed E-state index contributed by atoms with van der Waals surface area (Å²) in [5, 5.41) is 12.0. The minimum absolute atomic E-state index is 0.197. The van der Waals surface area contributed by atoms with Crippen molar-refractivity contribution in [1.29, 1.82) is 0 Å². The van der Waals surface area contributed by atoms with Crippen molar-refractivity contribution in [1.82, 2.24) is 4.98 Å². The number of esters is 1. The van der Waals surface area contributed by atoms with Crippen molar-refractivity contribution in [2.24, 2.45) is 5.16 Å². The van der Waals surface area contributed by atoms with Crippen LogP contribution >= 0.6 is 0 Å². The molecule has 0 saturated heterocycles. The molecule has 1 rings (SSSR count). The molecule has 0 radical (unpaired) electrons. The standard InChI is InChI=1S/C11H14N2O3/c1-2-16-11(14)6-5-10(13-15)9-4-3-7-12-8-9/h3-4,7-8,15H,2,5-6H2,1H3. The first-order valence-corrected chi connectivity index (χ1v) is 5.05. The molecule has 0 bridgehead atoms. The van der Waals surface area contributed by atoms with Crippen LogP contribution in [-0.2, 0) is 9.53 Å². The van der Waals surface area contributed by atoms with E-state index >= 15 is 0 Å². The summed E-state index contributed by atoms with van der Waals surface area (Å²) in [4.78, 5) is 15.0. The van der Waals surface area contributed by atoms with Crippen molar-refractivity contribution in [2.75, 3.05) is 6.61 Å². The number of nitrogens with zero attached hydrogens (tertiary/aromatic N) is 2. The molecule has 1 N–H and O–H groups in total. The molecule has 16 heavy (non-hydrogen) atoms. The van der Waals surface area contributed by atoms with Gasteiger partial charge in [0.05, 0.1) is 18.7 Å². The molecule has 0 saturated carbocycles. The third-order valence-corrected chi connectivity index (χ3v) is 1.99. The predicted molar refractivity (Wildman–Crippen MR) is 58.4 cm³/mol. The molecular weight excluding hydrogens is 208 g/mol. The minimum Gasteiger partial charge on any atom is -0.466 e. The summed E-state index contributed by atoms with van der Waals surface area (Å²) >= 11 is 0. The number of hydrogen-bond donors (Lipinski definition) is 1. The number of rotatable bonds is 5. The van der Waals surface area contributed by atoms with Crippen LogP contribution in [0, 0.1) is 0 Å². The zero-order valence-electron chi connectivity index (χ0n) is 9.09. The predicted octanol–water partition coefficient (Wildman–Crippen LogP) is 1.60. The van der Waals surface area contributed by atoms with Gasteiger partial charge in [-0.15, -0.1) is 0 Å². The smallest absolute Gasteiger partial charge is 0.306 e. The molecule has 0 aromatic carbocycles. The fourth-order valence-electron chi connectivity index (χ4n) is 1.24. The first kappa shape index (κ1) is 12.2. The Hall–Kier alpha value is -1.91. The van der Waals surface area contributed by atoms with Gasteiger partial charge in [-0.2, -0.15) is 0 Å². The van der Waals surface area contributed by atoms with Crippen LogP contribution in [-0.4, -0.2) is 28.5 Å². The third kappa shape index (κ3) is 3.68. The van der Waals surface area contributed by atoms with Gasteiger partial charge >= 0.3 is 5.97 Å². The third-order valence-electron chi connectivity index (χ3n) is 1.99. The average molecular weight is 222 g/mol. The van der Waals surface area contributed by atoms with Crippen LogP contribution in [0.2, 0.25) is 0 Å². The van der Waals surface area contributed by atoms with Gasteiger partial charge in [0.2, 0.25) is 0 Å². The maximum Gasteiger partial charge on any atom is 0.306 e. The van der Waals surface area contributed by atoms with Crippen molar-refractivity contribution >= 4 is 11.7 Å². The van der Waals surface area contributed by atoms with E-state index in [-0.39, 0.29) is 12.4 Å². The lowest BCUT2D eigenvalue weighted by Crippen LogP contribution is -2.09. The summed E-state index contributed by atoms with van der Waals surface area (Å²) in [5.41, 5.74) is 1.13. The molecule has 1 heterocycles. The Kier molecular flexibility index (Phi) is 4.98. The van der Waals surface area contributed by atoms with Gasteiger partial charge in [-0.1, -0.05) is 5.16 Å². The maximum atomic E-state index is 11.1. The average Bonchev–Trinajstić information content (AvgIpc) is 2.31. The summed E-state index contributed by atoms with van der Waals surface area (Å²) in [6.45, 7) is 2.11. The lowest BCUT2D eigenvalue weighted by molar-refractivity contribution is -0.142. The highest BCUT2D eigenvalue weighted by Crippen LogP contribution is 2.05. The van der Waals surface area contributed by atoms with Crippen LogP contribution in [0.15, 0.2) is 29.7 Å². The molecule has 1 aromatic heterocycles. The fourth-order valence-corrected chi connectivity index (χ4v) is 1.24. The highest BCUT2D eigenvalue weighted by Gasteiger charge is 2.08. The minimum atomic E-state index is -0.299. The van der Waals surface area contributed by atoms with Gasteiger partial charge in [-0.25, -0.2) is 0 Å². The molecule has 0 atom stereocenters. The Morgan fingerprint density at radius 3 is 2.94 bits per heavy atom. The molecule has 0 spiro atoms. The van der Waals surface area contributed by atoms with Crippen LogP contribution in [0.25, 0.3) is 0 Å². The summed E-state index contributed by atoms with van der Waals surface area (Å²) in [5.74, 6) is -0.299. The molecule has 0 unspecified atom stereocenters. The Labute approximate surface area is 93.8 Å². The Balaban J connectivity index is 2.55. The van der Waals surface area contributed by atoms with E-state index in [4.69, 9.17) is 9.94 Å². The van der Waals surface area contributed by atoms with Crippen LogP contribution in [0.5, 0.6) is 0 Å². The van der Waals surface area contributed by atoms with Gasteiger partial charge in [-0.3, -0.25) is 9.78 Å². The zero-order valence-corrected chi connectivity index (χ0v) is 9.09. The van der Waals surface area contributed by atoms with E-state index < -0.39 is 0 Å². The number of carbonyl (C=O) groups excluding carboxylic acids is 1. The largest absolute Gasteiger partial charge is 0.466 e. The molecule has 0 aliphatic heterocycles. The second-order valence-corrected chi connectivity index (χ2v) is 3.09. The second kappa shape index (κ2) is 6.55. The van der Waals surface area contributed by atoms with Crippen LogP contribution in [0.4, 0.5) is 0 Å². The topological polar surface area (TPSA) is 71.8 Å². The fraction of sp³-hybridized carbons (Fsp3) is 0.364. The van der Waals surface area contributed by atoms with Gasteiger partial charge in [-0.05, 0) is 19.1 Å². The normalized spacial score (nSPS) is 11.2.